The number of amides is 2. The zero-order valence-corrected chi connectivity index (χ0v) is 18.2. The molecule has 2 aliphatic rings. The summed E-state index contributed by atoms with van der Waals surface area (Å²) >= 11 is 12.4. The third kappa shape index (κ3) is 3.58. The number of halogens is 2. The van der Waals surface area contributed by atoms with Gasteiger partial charge in [-0.2, -0.15) is 5.10 Å². The summed E-state index contributed by atoms with van der Waals surface area (Å²) in [4.78, 5) is 26.7. The van der Waals surface area contributed by atoms with Gasteiger partial charge in [0.15, 0.2) is 0 Å². The molecule has 0 unspecified atom stereocenters. The summed E-state index contributed by atoms with van der Waals surface area (Å²) in [6, 6.07) is 12.4. The number of nitrogens with zero attached hydrogens (tertiary/aromatic N) is 3. The lowest BCUT2D eigenvalue weighted by atomic mass is 9.92. The molecular weight excluding hydrogens is 433 g/mol. The van der Waals surface area contributed by atoms with Crippen molar-refractivity contribution in [2.24, 2.45) is 0 Å². The van der Waals surface area contributed by atoms with Crippen molar-refractivity contribution in [2.75, 3.05) is 6.54 Å². The molecule has 31 heavy (non-hydrogen) atoms. The van der Waals surface area contributed by atoms with Crippen LogP contribution in [0.5, 0.6) is 0 Å². The molecule has 2 aromatic carbocycles. The largest absolute Gasteiger partial charge is 0.270 e. The first-order chi connectivity index (χ1) is 15.0. The first-order valence-corrected chi connectivity index (χ1v) is 10.9. The van der Waals surface area contributed by atoms with Gasteiger partial charge in [-0.15, -0.1) is 0 Å². The SMILES string of the molecule is O=C1c2ccccc2C(=O)N1CC=C1CCCc2cnn(Cc3ccc(Cl)cc3Cl)c21. The summed E-state index contributed by atoms with van der Waals surface area (Å²) in [6.07, 6.45) is 6.72. The zero-order chi connectivity index (χ0) is 21.5. The number of rotatable bonds is 4. The van der Waals surface area contributed by atoms with Crippen LogP contribution in [0.1, 0.15) is 50.4 Å². The Balaban J connectivity index is 1.43. The molecule has 5 rings (SSSR count). The average molecular weight is 452 g/mol. The number of aromatic nitrogens is 2. The van der Waals surface area contributed by atoms with E-state index >= 15 is 0 Å². The molecule has 3 aromatic rings. The fourth-order valence-corrected chi connectivity index (χ4v) is 4.77. The Morgan fingerprint density at radius 2 is 1.74 bits per heavy atom. The second kappa shape index (κ2) is 7.98. The molecule has 1 aliphatic heterocycles. The summed E-state index contributed by atoms with van der Waals surface area (Å²) in [7, 11) is 0. The van der Waals surface area contributed by atoms with Gasteiger partial charge < -0.3 is 0 Å². The van der Waals surface area contributed by atoms with Gasteiger partial charge >= 0.3 is 0 Å². The van der Waals surface area contributed by atoms with Crippen LogP contribution in [0, 0.1) is 0 Å². The second-order valence-corrected chi connectivity index (χ2v) is 8.60. The lowest BCUT2D eigenvalue weighted by Crippen LogP contribution is -2.30. The Bertz CT molecular complexity index is 1210. The van der Waals surface area contributed by atoms with E-state index in [9.17, 15) is 9.59 Å². The molecule has 2 amide bonds. The minimum absolute atomic E-state index is 0.241. The minimum Gasteiger partial charge on any atom is -0.270 e. The second-order valence-electron chi connectivity index (χ2n) is 7.76. The van der Waals surface area contributed by atoms with Crippen molar-refractivity contribution in [2.45, 2.75) is 25.8 Å². The molecule has 2 heterocycles. The fourth-order valence-electron chi connectivity index (χ4n) is 4.30. The van der Waals surface area contributed by atoms with Gasteiger partial charge in [0.2, 0.25) is 0 Å². The summed E-state index contributed by atoms with van der Waals surface area (Å²) in [5.41, 5.74) is 5.19. The van der Waals surface area contributed by atoms with Crippen LogP contribution in [0.3, 0.4) is 0 Å². The predicted molar refractivity (Wildman–Crippen MR) is 121 cm³/mol. The molecule has 5 nitrogen and oxygen atoms in total. The molecule has 0 bridgehead atoms. The van der Waals surface area contributed by atoms with Crippen LogP contribution in [0.15, 0.2) is 54.7 Å². The van der Waals surface area contributed by atoms with Crippen molar-refractivity contribution in [3.63, 3.8) is 0 Å². The van der Waals surface area contributed by atoms with Gasteiger partial charge in [-0.1, -0.05) is 47.5 Å². The van der Waals surface area contributed by atoms with E-state index in [2.05, 4.69) is 5.10 Å². The monoisotopic (exact) mass is 451 g/mol. The maximum Gasteiger partial charge on any atom is 0.261 e. The predicted octanol–water partition coefficient (Wildman–Crippen LogP) is 5.25. The summed E-state index contributed by atoms with van der Waals surface area (Å²) in [5, 5.41) is 5.78. The molecule has 1 aromatic heterocycles. The molecule has 0 saturated carbocycles. The summed E-state index contributed by atoms with van der Waals surface area (Å²) in [5.74, 6) is -0.482. The maximum atomic E-state index is 12.7. The van der Waals surface area contributed by atoms with E-state index in [1.165, 1.54) is 10.5 Å². The Hall–Kier alpha value is -2.89. The van der Waals surface area contributed by atoms with Crippen molar-refractivity contribution in [3.05, 3.63) is 92.7 Å². The molecule has 0 fully saturated rings. The number of fused-ring (bicyclic) bond motifs is 2. The molecule has 1 aliphatic carbocycles. The topological polar surface area (TPSA) is 55.2 Å². The van der Waals surface area contributed by atoms with Gasteiger partial charge in [0.1, 0.15) is 0 Å². The van der Waals surface area contributed by atoms with Crippen LogP contribution in [0.25, 0.3) is 5.57 Å². The first kappa shape index (κ1) is 20.0. The summed E-state index contributed by atoms with van der Waals surface area (Å²) in [6.45, 7) is 0.768. The average Bonchev–Trinajstić information content (AvgIpc) is 3.29. The standard InChI is InChI=1S/C24H19Cl2N3O2/c25-18-9-8-17(21(26)12-18)14-29-22-15(4-3-5-16(22)13-27-29)10-11-28-23(30)19-6-1-2-7-20(19)24(28)31/h1-2,6-10,12-13H,3-5,11,14H2. The zero-order valence-electron chi connectivity index (χ0n) is 16.6. The smallest absolute Gasteiger partial charge is 0.261 e. The van der Waals surface area contributed by atoms with Gasteiger partial charge in [-0.05, 0) is 60.2 Å². The summed E-state index contributed by atoms with van der Waals surface area (Å²) < 4.78 is 1.94. The van der Waals surface area contributed by atoms with Crippen LogP contribution >= 0.6 is 23.2 Å². The van der Waals surface area contributed by atoms with Crippen LogP contribution in [-0.4, -0.2) is 33.0 Å². The highest BCUT2D eigenvalue weighted by atomic mass is 35.5. The maximum absolute atomic E-state index is 12.7. The number of hydrogen-bond donors (Lipinski definition) is 0. The Kier molecular flexibility index (Phi) is 5.16. The quantitative estimate of drug-likeness (QED) is 0.508. The Morgan fingerprint density at radius 3 is 2.45 bits per heavy atom. The molecule has 7 heteroatoms. The lowest BCUT2D eigenvalue weighted by molar-refractivity contribution is 0.0672. The van der Waals surface area contributed by atoms with E-state index in [-0.39, 0.29) is 18.4 Å². The molecule has 0 radical (unpaired) electrons. The Labute approximate surface area is 189 Å². The van der Waals surface area contributed by atoms with E-state index < -0.39 is 0 Å². The number of imide groups is 1. The van der Waals surface area contributed by atoms with Gasteiger partial charge in [-0.25, -0.2) is 0 Å². The van der Waals surface area contributed by atoms with Crippen LogP contribution in [0.4, 0.5) is 0 Å². The number of carbonyl (C=O) groups excluding carboxylic acids is 2. The van der Waals surface area contributed by atoms with Gasteiger partial charge in [0.25, 0.3) is 11.8 Å². The number of carbonyl (C=O) groups is 2. The molecule has 0 N–H and O–H groups in total. The van der Waals surface area contributed by atoms with Crippen molar-refractivity contribution in [1.82, 2.24) is 14.7 Å². The van der Waals surface area contributed by atoms with Crippen molar-refractivity contribution < 1.29 is 9.59 Å². The van der Waals surface area contributed by atoms with Crippen molar-refractivity contribution in [3.8, 4) is 0 Å². The minimum atomic E-state index is -0.241. The van der Waals surface area contributed by atoms with Crippen LogP contribution in [0.2, 0.25) is 10.0 Å². The highest BCUT2D eigenvalue weighted by Gasteiger charge is 2.34. The van der Waals surface area contributed by atoms with Crippen LogP contribution in [-0.2, 0) is 13.0 Å². The van der Waals surface area contributed by atoms with E-state index in [1.54, 1.807) is 30.3 Å². The van der Waals surface area contributed by atoms with Crippen molar-refractivity contribution in [1.29, 1.82) is 0 Å². The molecular formula is C24H19Cl2N3O2. The highest BCUT2D eigenvalue weighted by Crippen LogP contribution is 2.32. The molecule has 156 valence electrons. The Morgan fingerprint density at radius 1 is 1.00 bits per heavy atom. The van der Waals surface area contributed by atoms with Crippen molar-refractivity contribution >= 4 is 40.6 Å². The molecule has 0 atom stereocenters. The van der Waals surface area contributed by atoms with Gasteiger partial charge in [-0.3, -0.25) is 19.2 Å². The molecule has 0 spiro atoms. The number of benzene rings is 2. The van der Waals surface area contributed by atoms with E-state index in [1.807, 2.05) is 29.1 Å². The van der Waals surface area contributed by atoms with E-state index in [0.29, 0.717) is 27.7 Å². The third-order valence-electron chi connectivity index (χ3n) is 5.85. The first-order valence-electron chi connectivity index (χ1n) is 10.2. The fraction of sp³-hybridized carbons (Fsp3) is 0.208. The number of hydrogen-bond acceptors (Lipinski definition) is 3. The van der Waals surface area contributed by atoms with Gasteiger partial charge in [0.05, 0.1) is 29.6 Å². The number of allylic oxidation sites excluding steroid dienone is 1. The number of aryl methyl sites for hydroxylation is 1. The van der Waals surface area contributed by atoms with Gasteiger partial charge in [0, 0.05) is 16.6 Å². The lowest BCUT2D eigenvalue weighted by Gasteiger charge is -2.20. The van der Waals surface area contributed by atoms with E-state index in [4.69, 9.17) is 23.2 Å². The highest BCUT2D eigenvalue weighted by molar-refractivity contribution is 6.35. The normalized spacial score (nSPS) is 16.7. The van der Waals surface area contributed by atoms with E-state index in [0.717, 1.165) is 36.1 Å². The van der Waals surface area contributed by atoms with Crippen LogP contribution < -0.4 is 0 Å². The third-order valence-corrected chi connectivity index (χ3v) is 6.43. The molecule has 0 saturated heterocycles.